The third-order valence-electron chi connectivity index (χ3n) is 2.85. The zero-order valence-corrected chi connectivity index (χ0v) is 9.89. The molecule has 0 saturated carbocycles. The van der Waals surface area contributed by atoms with Crippen LogP contribution in [0.25, 0.3) is 5.57 Å². The molecule has 0 saturated heterocycles. The first-order valence-electron chi connectivity index (χ1n) is 4.90. The molecule has 0 aliphatic carbocycles. The summed E-state index contributed by atoms with van der Waals surface area (Å²) in [6, 6.07) is 6.55. The second-order valence-corrected chi connectivity index (χ2v) is 4.71. The summed E-state index contributed by atoms with van der Waals surface area (Å²) in [6.07, 6.45) is 0. The average Bonchev–Trinajstić information content (AvgIpc) is 2.57. The van der Waals surface area contributed by atoms with E-state index in [2.05, 4.69) is 50.6 Å². The topological polar surface area (TPSA) is 0 Å². The second-order valence-electron chi connectivity index (χ2n) is 3.80. The van der Waals surface area contributed by atoms with Gasteiger partial charge in [-0.05, 0) is 60.2 Å². The van der Waals surface area contributed by atoms with Crippen molar-refractivity contribution in [3.8, 4) is 0 Å². The van der Waals surface area contributed by atoms with Gasteiger partial charge in [0.05, 0.1) is 0 Å². The van der Waals surface area contributed by atoms with Gasteiger partial charge in [-0.25, -0.2) is 0 Å². The standard InChI is InChI=1S/C13H15P/c1-9-5-4-6-12(11(9)3)13-8-14-7-10(13)2/h4-8,14H,1-3H3. The van der Waals surface area contributed by atoms with Gasteiger partial charge in [0.2, 0.25) is 0 Å². The number of rotatable bonds is 1. The van der Waals surface area contributed by atoms with Crippen molar-refractivity contribution in [2.75, 3.05) is 0 Å². The third-order valence-corrected chi connectivity index (χ3v) is 3.90. The summed E-state index contributed by atoms with van der Waals surface area (Å²) in [7, 11) is 0.864. The van der Waals surface area contributed by atoms with Gasteiger partial charge in [-0.3, -0.25) is 0 Å². The molecule has 2 rings (SSSR count). The largest absolute Gasteiger partial charge is 0.139 e. The normalized spacial score (nSPS) is 15.9. The average molecular weight is 202 g/mol. The first kappa shape index (κ1) is 9.55. The maximum atomic E-state index is 2.34. The second kappa shape index (κ2) is 3.63. The fourth-order valence-electron chi connectivity index (χ4n) is 1.77. The van der Waals surface area contributed by atoms with Gasteiger partial charge in [0, 0.05) is 0 Å². The predicted molar refractivity (Wildman–Crippen MR) is 69.0 cm³/mol. The Bertz CT molecular complexity index is 472. The highest BCUT2D eigenvalue weighted by Gasteiger charge is 2.07. The Balaban J connectivity index is 2.59. The minimum atomic E-state index is 0.864. The number of hydrogen-bond donors (Lipinski definition) is 0. The summed E-state index contributed by atoms with van der Waals surface area (Å²) >= 11 is 0. The fraction of sp³-hybridized carbons (Fsp3) is 0.231. The monoisotopic (exact) mass is 202 g/mol. The highest BCUT2D eigenvalue weighted by molar-refractivity contribution is 7.42. The molecule has 1 aliphatic heterocycles. The van der Waals surface area contributed by atoms with Crippen molar-refractivity contribution in [1.82, 2.24) is 0 Å². The van der Waals surface area contributed by atoms with Crippen LogP contribution in [0.1, 0.15) is 23.6 Å². The van der Waals surface area contributed by atoms with E-state index < -0.39 is 0 Å². The van der Waals surface area contributed by atoms with Crippen molar-refractivity contribution in [3.63, 3.8) is 0 Å². The molecule has 0 fully saturated rings. The van der Waals surface area contributed by atoms with Crippen LogP contribution in [0.5, 0.6) is 0 Å². The van der Waals surface area contributed by atoms with Gasteiger partial charge in [0.1, 0.15) is 0 Å². The molecule has 1 heterocycles. The van der Waals surface area contributed by atoms with E-state index in [-0.39, 0.29) is 0 Å². The molecule has 0 radical (unpaired) electrons. The SMILES string of the molecule is CC1=C(c2cccc(C)c2C)C=[PH]=C1. The van der Waals surface area contributed by atoms with E-state index in [9.17, 15) is 0 Å². The highest BCUT2D eigenvalue weighted by atomic mass is 31.0. The van der Waals surface area contributed by atoms with E-state index >= 15 is 0 Å². The van der Waals surface area contributed by atoms with Crippen molar-refractivity contribution in [3.05, 3.63) is 40.5 Å². The summed E-state index contributed by atoms with van der Waals surface area (Å²) in [5.74, 6) is 4.66. The molecular weight excluding hydrogens is 187 g/mol. The zero-order valence-electron chi connectivity index (χ0n) is 8.89. The van der Waals surface area contributed by atoms with Crippen LogP contribution in [-0.2, 0) is 0 Å². The summed E-state index contributed by atoms with van der Waals surface area (Å²) in [4.78, 5) is 0. The van der Waals surface area contributed by atoms with Crippen LogP contribution in [0.4, 0.5) is 0 Å². The summed E-state index contributed by atoms with van der Waals surface area (Å²) in [5, 5.41) is 0. The van der Waals surface area contributed by atoms with E-state index in [1.54, 1.807) is 0 Å². The van der Waals surface area contributed by atoms with E-state index in [4.69, 9.17) is 0 Å². The molecular formula is C13H15P. The molecule has 1 aromatic rings. The van der Waals surface area contributed by atoms with Crippen molar-refractivity contribution in [2.45, 2.75) is 20.8 Å². The Labute approximate surface area is 86.7 Å². The molecule has 0 N–H and O–H groups in total. The Morgan fingerprint density at radius 2 is 1.79 bits per heavy atom. The Morgan fingerprint density at radius 1 is 1.00 bits per heavy atom. The maximum absolute atomic E-state index is 2.34. The molecule has 0 amide bonds. The van der Waals surface area contributed by atoms with E-state index in [1.165, 1.54) is 27.8 Å². The lowest BCUT2D eigenvalue weighted by Gasteiger charge is -2.09. The molecule has 1 atom stereocenters. The van der Waals surface area contributed by atoms with Crippen LogP contribution in [-0.4, -0.2) is 11.6 Å². The first-order valence-corrected chi connectivity index (χ1v) is 6.05. The molecule has 0 aromatic heterocycles. The molecule has 0 bridgehead atoms. The van der Waals surface area contributed by atoms with Crippen LogP contribution in [0.2, 0.25) is 0 Å². The van der Waals surface area contributed by atoms with Crippen molar-refractivity contribution in [1.29, 1.82) is 0 Å². The predicted octanol–water partition coefficient (Wildman–Crippen LogP) is 3.37. The Kier molecular flexibility index (Phi) is 2.48. The third kappa shape index (κ3) is 1.51. The number of aryl methyl sites for hydroxylation is 1. The molecule has 0 spiro atoms. The lowest BCUT2D eigenvalue weighted by molar-refractivity contribution is 1.32. The maximum Gasteiger partial charge on any atom is -0.0112 e. The fourth-order valence-corrected chi connectivity index (χ4v) is 2.81. The Morgan fingerprint density at radius 3 is 2.43 bits per heavy atom. The summed E-state index contributed by atoms with van der Waals surface area (Å²) in [6.45, 7) is 6.59. The quantitative estimate of drug-likeness (QED) is 0.612. The van der Waals surface area contributed by atoms with Gasteiger partial charge in [0.15, 0.2) is 0 Å². The van der Waals surface area contributed by atoms with Crippen molar-refractivity contribution in [2.24, 2.45) is 0 Å². The van der Waals surface area contributed by atoms with E-state index in [1.807, 2.05) is 0 Å². The minimum Gasteiger partial charge on any atom is -0.139 e. The number of allylic oxidation sites excluding steroid dienone is 2. The van der Waals surface area contributed by atoms with Crippen LogP contribution >= 0.6 is 7.83 Å². The summed E-state index contributed by atoms with van der Waals surface area (Å²) < 4.78 is 0. The van der Waals surface area contributed by atoms with Gasteiger partial charge in [-0.2, -0.15) is 0 Å². The van der Waals surface area contributed by atoms with E-state index in [0.717, 1.165) is 7.83 Å². The van der Waals surface area contributed by atoms with Crippen LogP contribution in [0.3, 0.4) is 0 Å². The van der Waals surface area contributed by atoms with Gasteiger partial charge >= 0.3 is 0 Å². The number of benzene rings is 1. The van der Waals surface area contributed by atoms with Crippen LogP contribution in [0, 0.1) is 13.8 Å². The molecule has 1 heteroatoms. The van der Waals surface area contributed by atoms with Crippen molar-refractivity contribution < 1.29 is 0 Å². The van der Waals surface area contributed by atoms with Crippen LogP contribution < -0.4 is 0 Å². The smallest absolute Gasteiger partial charge is 0.0112 e. The van der Waals surface area contributed by atoms with Gasteiger partial charge in [0.25, 0.3) is 0 Å². The summed E-state index contributed by atoms with van der Waals surface area (Å²) in [5.41, 5.74) is 7.06. The van der Waals surface area contributed by atoms with Crippen LogP contribution in [0.15, 0.2) is 23.8 Å². The van der Waals surface area contributed by atoms with Gasteiger partial charge in [-0.1, -0.05) is 18.2 Å². The molecule has 1 aromatic carbocycles. The minimum absolute atomic E-state index is 0.864. The molecule has 14 heavy (non-hydrogen) atoms. The lowest BCUT2D eigenvalue weighted by atomic mass is 9.96. The van der Waals surface area contributed by atoms with Crippen molar-refractivity contribution >= 4 is 25.0 Å². The molecule has 72 valence electrons. The molecule has 0 nitrogen and oxygen atoms in total. The van der Waals surface area contributed by atoms with Gasteiger partial charge in [-0.15, -0.1) is 7.83 Å². The molecule has 1 unspecified atom stereocenters. The lowest BCUT2D eigenvalue weighted by Crippen LogP contribution is -1.93. The zero-order chi connectivity index (χ0) is 10.1. The highest BCUT2D eigenvalue weighted by Crippen LogP contribution is 2.25. The first-order chi connectivity index (χ1) is 6.70. The molecule has 1 aliphatic rings. The van der Waals surface area contributed by atoms with Gasteiger partial charge < -0.3 is 0 Å². The Hall–Kier alpha value is -1.000. The number of hydrogen-bond acceptors (Lipinski definition) is 0. The van der Waals surface area contributed by atoms with E-state index in [0.29, 0.717) is 0 Å².